The molecule has 0 saturated carbocycles. The highest BCUT2D eigenvalue weighted by Gasteiger charge is 2.17. The summed E-state index contributed by atoms with van der Waals surface area (Å²) in [5, 5.41) is 9.79. The van der Waals surface area contributed by atoms with Gasteiger partial charge in [0.15, 0.2) is 0 Å². The fraction of sp³-hybridized carbons (Fsp3) is 0. The second-order valence-corrected chi connectivity index (χ2v) is 2.12. The minimum Gasteiger partial charge on any atom is -0.258 e. The number of hydrogen-bond acceptors (Lipinski definition) is 2. The zero-order valence-corrected chi connectivity index (χ0v) is 5.93. The van der Waals surface area contributed by atoms with Gasteiger partial charge < -0.3 is 0 Å². The Hall–Kier alpha value is -1.16. The van der Waals surface area contributed by atoms with Gasteiger partial charge in [-0.1, -0.05) is 11.6 Å². The van der Waals surface area contributed by atoms with Crippen LogP contribution in [0.4, 0.5) is 10.1 Å². The molecule has 0 N–H and O–H groups in total. The Labute approximate surface area is 66.6 Å². The normalized spacial score (nSPS) is 9.64. The maximum Gasteiger partial charge on any atom is 0.323 e. The van der Waals surface area contributed by atoms with Crippen LogP contribution in [-0.2, 0) is 0 Å². The van der Waals surface area contributed by atoms with E-state index in [1.165, 1.54) is 6.07 Å². The van der Waals surface area contributed by atoms with Crippen LogP contribution in [0, 0.1) is 22.0 Å². The first-order valence-corrected chi connectivity index (χ1v) is 3.01. The Bertz CT molecular complexity index is 282. The second kappa shape index (κ2) is 2.84. The van der Waals surface area contributed by atoms with Crippen LogP contribution in [0.15, 0.2) is 12.1 Å². The van der Waals surface area contributed by atoms with Crippen LogP contribution in [0.5, 0.6) is 0 Å². The van der Waals surface area contributed by atoms with Gasteiger partial charge in [-0.15, -0.1) is 0 Å². The summed E-state index contributed by atoms with van der Waals surface area (Å²) >= 11 is 5.29. The lowest BCUT2D eigenvalue weighted by atomic mass is 10.3. The summed E-state index contributed by atoms with van der Waals surface area (Å²) in [6, 6.07) is 4.43. The van der Waals surface area contributed by atoms with Crippen molar-refractivity contribution < 1.29 is 9.31 Å². The molecule has 0 bridgehead atoms. The van der Waals surface area contributed by atoms with E-state index < -0.39 is 16.4 Å². The number of halogens is 2. The van der Waals surface area contributed by atoms with Crippen molar-refractivity contribution in [1.82, 2.24) is 0 Å². The molecule has 0 heterocycles. The molecule has 1 aromatic rings. The highest BCUT2D eigenvalue weighted by atomic mass is 35.5. The number of nitrogens with zero attached hydrogens (tertiary/aromatic N) is 1. The van der Waals surface area contributed by atoms with Gasteiger partial charge in [-0.2, -0.15) is 4.39 Å². The van der Waals surface area contributed by atoms with Crippen molar-refractivity contribution in [3.05, 3.63) is 39.2 Å². The molecule has 0 amide bonds. The second-order valence-electron chi connectivity index (χ2n) is 1.75. The highest BCUT2D eigenvalue weighted by molar-refractivity contribution is 6.32. The standard InChI is InChI=1S/C6H2ClFNO2/c7-4-2-1-3-5(8)6(4)9(10)11/h1,3H. The zero-order chi connectivity index (χ0) is 8.43. The van der Waals surface area contributed by atoms with Crippen molar-refractivity contribution in [2.24, 2.45) is 0 Å². The lowest BCUT2D eigenvalue weighted by Gasteiger charge is -1.93. The molecule has 0 aliphatic carbocycles. The summed E-state index contributed by atoms with van der Waals surface area (Å²) in [5.41, 5.74) is -0.728. The Balaban J connectivity index is 3.32. The first kappa shape index (κ1) is 7.94. The Morgan fingerprint density at radius 1 is 1.73 bits per heavy atom. The van der Waals surface area contributed by atoms with Crippen LogP contribution >= 0.6 is 11.6 Å². The molecule has 0 spiro atoms. The summed E-state index contributed by atoms with van der Waals surface area (Å²) in [6.07, 6.45) is 0. The van der Waals surface area contributed by atoms with Crippen LogP contribution in [0.3, 0.4) is 0 Å². The Morgan fingerprint density at radius 3 is 2.73 bits per heavy atom. The molecule has 0 aliphatic heterocycles. The van der Waals surface area contributed by atoms with Gasteiger partial charge >= 0.3 is 5.69 Å². The maximum atomic E-state index is 12.6. The van der Waals surface area contributed by atoms with E-state index in [1.54, 1.807) is 0 Å². The highest BCUT2D eigenvalue weighted by Crippen LogP contribution is 2.25. The quantitative estimate of drug-likeness (QED) is 0.484. The van der Waals surface area contributed by atoms with Crippen molar-refractivity contribution in [1.29, 1.82) is 0 Å². The molecule has 57 valence electrons. The predicted octanol–water partition coefficient (Wildman–Crippen LogP) is 2.19. The molecular formula is C6H2ClFNO2. The minimum atomic E-state index is -0.946. The van der Waals surface area contributed by atoms with Gasteiger partial charge in [0.25, 0.3) is 0 Å². The summed E-state index contributed by atoms with van der Waals surface area (Å²) in [4.78, 5) is 9.22. The average Bonchev–Trinajstić information content (AvgIpc) is 1.85. The molecule has 1 radical (unpaired) electrons. The molecule has 0 saturated heterocycles. The third-order valence-electron chi connectivity index (χ3n) is 1.06. The first-order chi connectivity index (χ1) is 5.13. The largest absolute Gasteiger partial charge is 0.323 e. The van der Waals surface area contributed by atoms with Crippen molar-refractivity contribution in [3.8, 4) is 0 Å². The van der Waals surface area contributed by atoms with E-state index in [2.05, 4.69) is 6.07 Å². The monoisotopic (exact) mass is 174 g/mol. The molecule has 0 aromatic heterocycles. The molecule has 3 nitrogen and oxygen atoms in total. The van der Waals surface area contributed by atoms with E-state index in [1.807, 2.05) is 0 Å². The van der Waals surface area contributed by atoms with E-state index in [0.717, 1.165) is 6.07 Å². The molecule has 1 rings (SSSR count). The van der Waals surface area contributed by atoms with Crippen LogP contribution in [-0.4, -0.2) is 4.92 Å². The summed E-state index contributed by atoms with van der Waals surface area (Å²) in [5.74, 6) is -0.946. The third kappa shape index (κ3) is 1.46. The number of hydrogen-bond donors (Lipinski definition) is 0. The smallest absolute Gasteiger partial charge is 0.258 e. The minimum absolute atomic E-state index is 0.310. The molecular weight excluding hydrogens is 173 g/mol. The van der Waals surface area contributed by atoms with Crippen molar-refractivity contribution >= 4 is 17.3 Å². The SMILES string of the molecule is O=[N+]([O-])c1c(Cl)[c]ccc1F. The fourth-order valence-corrected chi connectivity index (χ4v) is 0.830. The van der Waals surface area contributed by atoms with E-state index in [9.17, 15) is 14.5 Å². The Kier molecular flexibility index (Phi) is 2.05. The van der Waals surface area contributed by atoms with Gasteiger partial charge in [-0.05, 0) is 12.1 Å². The molecule has 0 fully saturated rings. The lowest BCUT2D eigenvalue weighted by molar-refractivity contribution is -0.387. The summed E-state index contributed by atoms with van der Waals surface area (Å²) < 4.78 is 12.6. The Morgan fingerprint density at radius 2 is 2.36 bits per heavy atom. The lowest BCUT2D eigenvalue weighted by Crippen LogP contribution is -1.92. The fourth-order valence-electron chi connectivity index (χ4n) is 0.607. The van der Waals surface area contributed by atoms with E-state index in [0.29, 0.717) is 0 Å². The van der Waals surface area contributed by atoms with Crippen molar-refractivity contribution in [2.45, 2.75) is 0 Å². The van der Waals surface area contributed by atoms with Crippen molar-refractivity contribution in [2.75, 3.05) is 0 Å². The van der Waals surface area contributed by atoms with Gasteiger partial charge in [0.05, 0.1) is 4.92 Å². The van der Waals surface area contributed by atoms with Crippen LogP contribution < -0.4 is 0 Å². The topological polar surface area (TPSA) is 43.1 Å². The van der Waals surface area contributed by atoms with Gasteiger partial charge in [0, 0.05) is 6.07 Å². The number of nitro groups is 1. The molecule has 5 heteroatoms. The summed E-state index contributed by atoms with van der Waals surface area (Å²) in [7, 11) is 0. The van der Waals surface area contributed by atoms with E-state index >= 15 is 0 Å². The van der Waals surface area contributed by atoms with E-state index in [4.69, 9.17) is 11.6 Å². The van der Waals surface area contributed by atoms with Crippen LogP contribution in [0.1, 0.15) is 0 Å². The van der Waals surface area contributed by atoms with Crippen LogP contribution in [0.25, 0.3) is 0 Å². The van der Waals surface area contributed by atoms with E-state index in [-0.39, 0.29) is 5.02 Å². The first-order valence-electron chi connectivity index (χ1n) is 2.63. The van der Waals surface area contributed by atoms with Crippen LogP contribution in [0.2, 0.25) is 5.02 Å². The summed E-state index contributed by atoms with van der Waals surface area (Å²) in [6.45, 7) is 0. The molecule has 1 aromatic carbocycles. The molecule has 11 heavy (non-hydrogen) atoms. The average molecular weight is 175 g/mol. The number of benzene rings is 1. The van der Waals surface area contributed by atoms with Gasteiger partial charge in [0.1, 0.15) is 5.02 Å². The molecule has 0 atom stereocenters. The van der Waals surface area contributed by atoms with Crippen molar-refractivity contribution in [3.63, 3.8) is 0 Å². The molecule has 0 unspecified atom stereocenters. The van der Waals surface area contributed by atoms with Gasteiger partial charge in [-0.25, -0.2) is 0 Å². The van der Waals surface area contributed by atoms with Gasteiger partial charge in [0.2, 0.25) is 5.82 Å². The zero-order valence-electron chi connectivity index (χ0n) is 5.17. The number of nitro benzene ring substituents is 1. The number of rotatable bonds is 1. The molecule has 0 aliphatic rings. The van der Waals surface area contributed by atoms with Gasteiger partial charge in [-0.3, -0.25) is 10.1 Å². The maximum absolute atomic E-state index is 12.6. The predicted molar refractivity (Wildman–Crippen MR) is 36.9 cm³/mol. The third-order valence-corrected chi connectivity index (χ3v) is 1.34.